The minimum absolute atomic E-state index is 0.780. The van der Waals surface area contributed by atoms with Gasteiger partial charge in [-0.15, -0.1) is 0 Å². The number of benzene rings is 1. The molecule has 7 heteroatoms. The normalized spacial score (nSPS) is 20.3. The topological polar surface area (TPSA) is 54.0 Å². The monoisotopic (exact) mass is 423 g/mol. The Kier molecular flexibility index (Phi) is 5.96. The summed E-state index contributed by atoms with van der Waals surface area (Å²) < 4.78 is 11.1. The number of para-hydroxylation sites is 1. The Bertz CT molecular complexity index is 909. The molecule has 0 bridgehead atoms. The van der Waals surface area contributed by atoms with Crippen molar-refractivity contribution in [2.45, 2.75) is 44.8 Å². The molecule has 3 aliphatic rings. The van der Waals surface area contributed by atoms with E-state index in [1.807, 2.05) is 18.3 Å². The molecule has 0 unspecified atom stereocenters. The van der Waals surface area contributed by atoms with Gasteiger partial charge in [-0.3, -0.25) is 9.80 Å². The number of piperazine rings is 1. The quantitative estimate of drug-likeness (QED) is 0.708. The van der Waals surface area contributed by atoms with Gasteiger partial charge in [0, 0.05) is 75.6 Å². The summed E-state index contributed by atoms with van der Waals surface area (Å²) in [6.07, 6.45) is 7.17. The first-order valence-electron chi connectivity index (χ1n) is 11.5. The van der Waals surface area contributed by atoms with Crippen molar-refractivity contribution < 1.29 is 9.47 Å². The molecule has 1 aromatic heterocycles. The highest BCUT2D eigenvalue weighted by Gasteiger charge is 2.29. The van der Waals surface area contributed by atoms with Crippen LogP contribution in [0.5, 0.6) is 11.5 Å². The van der Waals surface area contributed by atoms with E-state index in [9.17, 15) is 0 Å². The zero-order valence-electron chi connectivity index (χ0n) is 18.7. The lowest BCUT2D eigenvalue weighted by molar-refractivity contribution is 0.120. The second-order valence-electron chi connectivity index (χ2n) is 8.86. The van der Waals surface area contributed by atoms with Crippen molar-refractivity contribution in [3.05, 3.63) is 41.2 Å². The van der Waals surface area contributed by atoms with Crippen LogP contribution in [0.1, 0.15) is 36.1 Å². The number of nitrogens with zero attached hydrogens (tertiary/aromatic N) is 5. The van der Waals surface area contributed by atoms with Gasteiger partial charge in [-0.05, 0) is 18.9 Å². The lowest BCUT2D eigenvalue weighted by Crippen LogP contribution is -2.52. The van der Waals surface area contributed by atoms with Gasteiger partial charge in [-0.1, -0.05) is 18.6 Å². The number of hydrogen-bond donors (Lipinski definition) is 0. The van der Waals surface area contributed by atoms with Crippen molar-refractivity contribution >= 4 is 5.95 Å². The molecule has 7 nitrogen and oxygen atoms in total. The number of fused-ring (bicyclic) bond motifs is 1. The van der Waals surface area contributed by atoms with Crippen molar-refractivity contribution in [1.29, 1.82) is 0 Å². The van der Waals surface area contributed by atoms with E-state index in [2.05, 4.69) is 20.8 Å². The zero-order chi connectivity index (χ0) is 21.2. The number of methoxy groups -OCH3 is 2. The molecular formula is C24H33N5O2. The van der Waals surface area contributed by atoms with Crippen LogP contribution in [0.15, 0.2) is 24.4 Å². The van der Waals surface area contributed by atoms with Gasteiger partial charge < -0.3 is 14.4 Å². The lowest BCUT2D eigenvalue weighted by atomic mass is 9.91. The van der Waals surface area contributed by atoms with Crippen LogP contribution in [-0.4, -0.2) is 72.8 Å². The molecule has 2 aromatic rings. The standard InChI is InChI=1S/C24H33N5O2/c1-30-22-8-3-5-18(23(22)31-2)16-27-10-9-21-19(17-27)15-25-24(26-21)29-13-11-28(12-14-29)20-6-4-7-20/h3,5,8,15,20H,4,6-7,9-14,16-17H2,1-2H3. The maximum absolute atomic E-state index is 5.61. The molecular weight excluding hydrogens is 390 g/mol. The Morgan fingerprint density at radius 1 is 1.03 bits per heavy atom. The molecule has 1 aromatic carbocycles. The minimum Gasteiger partial charge on any atom is -0.493 e. The molecule has 0 radical (unpaired) electrons. The van der Waals surface area contributed by atoms with Crippen molar-refractivity contribution in [2.24, 2.45) is 0 Å². The van der Waals surface area contributed by atoms with E-state index in [4.69, 9.17) is 19.4 Å². The summed E-state index contributed by atoms with van der Waals surface area (Å²) in [6.45, 7) is 7.03. The molecule has 1 saturated carbocycles. The van der Waals surface area contributed by atoms with E-state index < -0.39 is 0 Å². The summed E-state index contributed by atoms with van der Waals surface area (Å²) in [4.78, 5) is 17.2. The highest BCUT2D eigenvalue weighted by Crippen LogP contribution is 2.32. The number of anilines is 1. The molecule has 0 amide bonds. The fourth-order valence-corrected chi connectivity index (χ4v) is 5.01. The molecule has 1 saturated heterocycles. The summed E-state index contributed by atoms with van der Waals surface area (Å²) in [5.74, 6) is 2.51. The molecule has 0 spiro atoms. The summed E-state index contributed by atoms with van der Waals surface area (Å²) in [6, 6.07) is 6.91. The second kappa shape index (κ2) is 9.01. The van der Waals surface area contributed by atoms with E-state index in [1.54, 1.807) is 14.2 Å². The van der Waals surface area contributed by atoms with Crippen molar-refractivity contribution in [3.8, 4) is 11.5 Å². The summed E-state index contributed by atoms with van der Waals surface area (Å²) in [5.41, 5.74) is 3.59. The number of hydrogen-bond acceptors (Lipinski definition) is 7. The van der Waals surface area contributed by atoms with Gasteiger partial charge in [0.25, 0.3) is 0 Å². The Labute approximate surface area is 185 Å². The molecule has 5 rings (SSSR count). The van der Waals surface area contributed by atoms with Crippen LogP contribution in [0.25, 0.3) is 0 Å². The second-order valence-corrected chi connectivity index (χ2v) is 8.86. The Morgan fingerprint density at radius 3 is 2.58 bits per heavy atom. The Morgan fingerprint density at radius 2 is 1.87 bits per heavy atom. The third kappa shape index (κ3) is 4.21. The van der Waals surface area contributed by atoms with Crippen LogP contribution in [0.3, 0.4) is 0 Å². The molecule has 2 aliphatic heterocycles. The minimum atomic E-state index is 0.780. The molecule has 0 atom stereocenters. The van der Waals surface area contributed by atoms with Crippen molar-refractivity contribution in [2.75, 3.05) is 51.8 Å². The van der Waals surface area contributed by atoms with E-state index in [-0.39, 0.29) is 0 Å². The third-order valence-corrected chi connectivity index (χ3v) is 7.07. The van der Waals surface area contributed by atoms with E-state index in [0.29, 0.717) is 0 Å². The molecule has 31 heavy (non-hydrogen) atoms. The fraction of sp³-hybridized carbons (Fsp3) is 0.583. The number of rotatable bonds is 6. The SMILES string of the molecule is COc1cccc(CN2CCc3nc(N4CCN(C5CCC5)CC4)ncc3C2)c1OC. The summed E-state index contributed by atoms with van der Waals surface area (Å²) in [5, 5.41) is 0. The average Bonchev–Trinajstić information content (AvgIpc) is 2.78. The summed E-state index contributed by atoms with van der Waals surface area (Å²) in [7, 11) is 3.38. The Hall–Kier alpha value is -2.38. The van der Waals surface area contributed by atoms with Gasteiger partial charge in [0.05, 0.1) is 19.9 Å². The van der Waals surface area contributed by atoms with Gasteiger partial charge in [-0.2, -0.15) is 0 Å². The van der Waals surface area contributed by atoms with Gasteiger partial charge in [-0.25, -0.2) is 9.97 Å². The van der Waals surface area contributed by atoms with Crippen LogP contribution in [-0.2, 0) is 19.5 Å². The van der Waals surface area contributed by atoms with Gasteiger partial charge >= 0.3 is 0 Å². The van der Waals surface area contributed by atoms with Gasteiger partial charge in [0.15, 0.2) is 11.5 Å². The molecule has 0 N–H and O–H groups in total. The first kappa shape index (κ1) is 20.5. The van der Waals surface area contributed by atoms with Crippen LogP contribution < -0.4 is 14.4 Å². The van der Waals surface area contributed by atoms with Crippen LogP contribution in [0, 0.1) is 0 Å². The van der Waals surface area contributed by atoms with E-state index >= 15 is 0 Å². The number of ether oxygens (including phenoxy) is 2. The smallest absolute Gasteiger partial charge is 0.225 e. The molecule has 1 aliphatic carbocycles. The predicted octanol–water partition coefficient (Wildman–Crippen LogP) is 2.73. The highest BCUT2D eigenvalue weighted by atomic mass is 16.5. The van der Waals surface area contributed by atoms with E-state index in [0.717, 1.165) is 81.3 Å². The third-order valence-electron chi connectivity index (χ3n) is 7.07. The molecule has 3 heterocycles. The van der Waals surface area contributed by atoms with Crippen molar-refractivity contribution in [3.63, 3.8) is 0 Å². The largest absolute Gasteiger partial charge is 0.493 e. The average molecular weight is 424 g/mol. The first-order chi connectivity index (χ1) is 15.2. The maximum Gasteiger partial charge on any atom is 0.225 e. The van der Waals surface area contributed by atoms with Crippen molar-refractivity contribution in [1.82, 2.24) is 19.8 Å². The van der Waals surface area contributed by atoms with Crippen LogP contribution in [0.2, 0.25) is 0 Å². The fourth-order valence-electron chi connectivity index (χ4n) is 5.01. The predicted molar refractivity (Wildman–Crippen MR) is 121 cm³/mol. The molecule has 166 valence electrons. The first-order valence-corrected chi connectivity index (χ1v) is 11.5. The van der Waals surface area contributed by atoms with E-state index in [1.165, 1.54) is 30.5 Å². The maximum atomic E-state index is 5.61. The molecule has 2 fully saturated rings. The van der Waals surface area contributed by atoms with Gasteiger partial charge in [0.1, 0.15) is 0 Å². The zero-order valence-corrected chi connectivity index (χ0v) is 18.7. The highest BCUT2D eigenvalue weighted by molar-refractivity contribution is 5.46. The number of aromatic nitrogens is 2. The van der Waals surface area contributed by atoms with Crippen LogP contribution >= 0.6 is 0 Å². The lowest BCUT2D eigenvalue weighted by Gasteiger charge is -2.43. The Balaban J connectivity index is 1.23. The summed E-state index contributed by atoms with van der Waals surface area (Å²) >= 11 is 0. The van der Waals surface area contributed by atoms with Crippen LogP contribution in [0.4, 0.5) is 5.95 Å². The van der Waals surface area contributed by atoms with Gasteiger partial charge in [0.2, 0.25) is 5.95 Å².